The minimum absolute atomic E-state index is 0.0675. The average molecular weight is 562 g/mol. The molecule has 2 aromatic heterocycles. The first kappa shape index (κ1) is 24.2. The van der Waals surface area contributed by atoms with Crippen LogP contribution in [0.1, 0.15) is 35.5 Å². The first-order valence-corrected chi connectivity index (χ1v) is 12.9. The van der Waals surface area contributed by atoms with Crippen LogP contribution in [0.25, 0.3) is 11.3 Å². The molecule has 2 aromatic carbocycles. The van der Waals surface area contributed by atoms with Crippen molar-refractivity contribution in [3.05, 3.63) is 107 Å². The molecule has 1 saturated heterocycles. The maximum Gasteiger partial charge on any atom is 0.226 e. The summed E-state index contributed by atoms with van der Waals surface area (Å²) < 4.78 is 7.37. The molecule has 0 radical (unpaired) electrons. The molecular formula is C28H25BrN4O2S. The zero-order chi connectivity index (χ0) is 25.1. The minimum Gasteiger partial charge on any atom is -0.459 e. The van der Waals surface area contributed by atoms with Crippen molar-refractivity contribution in [3.8, 4) is 11.3 Å². The molecule has 36 heavy (non-hydrogen) atoms. The molecule has 0 saturated carbocycles. The van der Waals surface area contributed by atoms with Gasteiger partial charge in [-0.15, -0.1) is 0 Å². The summed E-state index contributed by atoms with van der Waals surface area (Å²) >= 11 is 9.20. The molecule has 1 amide bonds. The number of furan rings is 1. The topological polar surface area (TPSA) is 70.4 Å². The number of nitrogens with one attached hydrogen (secondary N) is 2. The fourth-order valence-electron chi connectivity index (χ4n) is 4.38. The van der Waals surface area contributed by atoms with Gasteiger partial charge >= 0.3 is 0 Å². The first-order chi connectivity index (χ1) is 17.5. The Kier molecular flexibility index (Phi) is 7.16. The van der Waals surface area contributed by atoms with Gasteiger partial charge in [-0.05, 0) is 67.2 Å². The average Bonchev–Trinajstić information content (AvgIpc) is 3.50. The van der Waals surface area contributed by atoms with E-state index in [0.29, 0.717) is 11.7 Å². The summed E-state index contributed by atoms with van der Waals surface area (Å²) in [5.74, 6) is 1.46. The highest BCUT2D eigenvalue weighted by molar-refractivity contribution is 9.10. The molecule has 0 unspecified atom stereocenters. The number of anilines is 1. The SMILES string of the molecule is Cc1ccccc1NC(=O)CCN1C(=S)N[C@H](c2ccccn2)[C@H]1c1ccc(-c2ccc(Br)cc2)o1. The van der Waals surface area contributed by atoms with Crippen LogP contribution in [-0.4, -0.2) is 27.4 Å². The van der Waals surface area contributed by atoms with E-state index in [4.69, 9.17) is 16.6 Å². The number of carbonyl (C=O) groups excluding carboxylic acids is 1. The second-order valence-corrected chi connectivity index (χ2v) is 9.94. The second-order valence-electron chi connectivity index (χ2n) is 8.64. The molecule has 1 aliphatic heterocycles. The van der Waals surface area contributed by atoms with Crippen LogP contribution in [0.4, 0.5) is 5.69 Å². The van der Waals surface area contributed by atoms with Gasteiger partial charge in [-0.3, -0.25) is 9.78 Å². The van der Waals surface area contributed by atoms with Crippen LogP contribution < -0.4 is 10.6 Å². The first-order valence-electron chi connectivity index (χ1n) is 11.7. The zero-order valence-electron chi connectivity index (χ0n) is 19.6. The number of carbonyl (C=O) groups is 1. The summed E-state index contributed by atoms with van der Waals surface area (Å²) in [6, 6.07) is 25.0. The molecule has 0 bridgehead atoms. The summed E-state index contributed by atoms with van der Waals surface area (Å²) in [5, 5.41) is 6.98. The lowest BCUT2D eigenvalue weighted by atomic mass is 10.0. The fraction of sp³-hybridized carbons (Fsp3) is 0.179. The predicted octanol–water partition coefficient (Wildman–Crippen LogP) is 6.41. The van der Waals surface area contributed by atoms with Gasteiger partial charge in [0, 0.05) is 34.9 Å². The number of pyridine rings is 1. The molecule has 6 nitrogen and oxygen atoms in total. The van der Waals surface area contributed by atoms with Crippen LogP contribution in [0.3, 0.4) is 0 Å². The molecule has 2 N–H and O–H groups in total. The van der Waals surface area contributed by atoms with Gasteiger partial charge in [-0.2, -0.15) is 0 Å². The van der Waals surface area contributed by atoms with E-state index in [1.807, 2.05) is 90.7 Å². The van der Waals surface area contributed by atoms with Gasteiger partial charge in [-0.25, -0.2) is 0 Å². The summed E-state index contributed by atoms with van der Waals surface area (Å²) in [7, 11) is 0. The molecule has 0 aliphatic carbocycles. The highest BCUT2D eigenvalue weighted by Gasteiger charge is 2.41. The van der Waals surface area contributed by atoms with Crippen molar-refractivity contribution < 1.29 is 9.21 Å². The van der Waals surface area contributed by atoms with E-state index in [2.05, 4.69) is 31.5 Å². The van der Waals surface area contributed by atoms with Crippen LogP contribution in [0.5, 0.6) is 0 Å². The fourth-order valence-corrected chi connectivity index (χ4v) is 4.98. The van der Waals surface area contributed by atoms with Crippen molar-refractivity contribution in [2.24, 2.45) is 0 Å². The lowest BCUT2D eigenvalue weighted by Crippen LogP contribution is -2.32. The molecular weight excluding hydrogens is 536 g/mol. The smallest absolute Gasteiger partial charge is 0.226 e. The summed E-state index contributed by atoms with van der Waals surface area (Å²) in [6.45, 7) is 2.41. The number of halogens is 1. The molecule has 2 atom stereocenters. The highest BCUT2D eigenvalue weighted by atomic mass is 79.9. The zero-order valence-corrected chi connectivity index (χ0v) is 22.1. The number of hydrogen-bond donors (Lipinski definition) is 2. The van der Waals surface area contributed by atoms with Crippen LogP contribution >= 0.6 is 28.1 Å². The third-order valence-electron chi connectivity index (χ3n) is 6.24. The third-order valence-corrected chi connectivity index (χ3v) is 7.12. The Labute approximate surface area is 223 Å². The van der Waals surface area contributed by atoms with Crippen LogP contribution in [0.15, 0.2) is 93.9 Å². The number of para-hydroxylation sites is 1. The van der Waals surface area contributed by atoms with E-state index in [1.54, 1.807) is 6.20 Å². The summed E-state index contributed by atoms with van der Waals surface area (Å²) in [5.41, 5.74) is 3.68. The number of aromatic nitrogens is 1. The molecule has 8 heteroatoms. The lowest BCUT2D eigenvalue weighted by Gasteiger charge is -2.26. The van der Waals surface area contributed by atoms with E-state index in [0.717, 1.165) is 38.5 Å². The van der Waals surface area contributed by atoms with Crippen molar-refractivity contribution in [2.75, 3.05) is 11.9 Å². The van der Waals surface area contributed by atoms with Crippen molar-refractivity contribution in [1.29, 1.82) is 0 Å². The Morgan fingerprint density at radius 1 is 1.08 bits per heavy atom. The van der Waals surface area contributed by atoms with Gasteiger partial charge in [-0.1, -0.05) is 52.3 Å². The molecule has 0 spiro atoms. The van der Waals surface area contributed by atoms with Crippen molar-refractivity contribution in [2.45, 2.75) is 25.4 Å². The number of aryl methyl sites for hydroxylation is 1. The van der Waals surface area contributed by atoms with Crippen LogP contribution in [0, 0.1) is 6.92 Å². The van der Waals surface area contributed by atoms with Crippen molar-refractivity contribution in [3.63, 3.8) is 0 Å². The summed E-state index contributed by atoms with van der Waals surface area (Å²) in [6.07, 6.45) is 2.05. The number of benzene rings is 2. The highest BCUT2D eigenvalue weighted by Crippen LogP contribution is 2.40. The Hall–Kier alpha value is -3.49. The predicted molar refractivity (Wildman–Crippen MR) is 148 cm³/mol. The van der Waals surface area contributed by atoms with E-state index >= 15 is 0 Å². The van der Waals surface area contributed by atoms with E-state index < -0.39 is 0 Å². The standard InChI is InChI=1S/C28H25BrN4O2S/c1-18-6-2-3-7-21(18)31-25(34)15-17-33-27(26(32-28(33)36)22-8-4-5-16-30-22)24-14-13-23(35-24)19-9-11-20(29)12-10-19/h2-14,16,26-27H,15,17H2,1H3,(H,31,34)(H,32,36)/t26-,27-/m1/s1. The van der Waals surface area contributed by atoms with Crippen molar-refractivity contribution >= 4 is 44.9 Å². The number of nitrogens with zero attached hydrogens (tertiary/aromatic N) is 2. The van der Waals surface area contributed by atoms with Gasteiger partial charge in [0.15, 0.2) is 5.11 Å². The molecule has 3 heterocycles. The molecule has 182 valence electrons. The Morgan fingerprint density at radius 3 is 2.61 bits per heavy atom. The monoisotopic (exact) mass is 560 g/mol. The molecule has 5 rings (SSSR count). The Bertz CT molecular complexity index is 1370. The van der Waals surface area contributed by atoms with Crippen LogP contribution in [-0.2, 0) is 4.79 Å². The van der Waals surface area contributed by atoms with Gasteiger partial charge in [0.05, 0.1) is 11.7 Å². The van der Waals surface area contributed by atoms with Gasteiger partial charge in [0.2, 0.25) is 5.91 Å². The summed E-state index contributed by atoms with van der Waals surface area (Å²) in [4.78, 5) is 19.4. The normalized spacial score (nSPS) is 17.2. The Morgan fingerprint density at radius 2 is 1.86 bits per heavy atom. The van der Waals surface area contributed by atoms with Crippen LogP contribution in [0.2, 0.25) is 0 Å². The third kappa shape index (κ3) is 5.20. The number of rotatable bonds is 7. The van der Waals surface area contributed by atoms with Gasteiger partial charge in [0.1, 0.15) is 17.6 Å². The molecule has 1 fully saturated rings. The number of amides is 1. The molecule has 4 aromatic rings. The van der Waals surface area contributed by atoms with Crippen molar-refractivity contribution in [1.82, 2.24) is 15.2 Å². The van der Waals surface area contributed by atoms with Gasteiger partial charge < -0.3 is 20.0 Å². The quantitative estimate of drug-likeness (QED) is 0.254. The second kappa shape index (κ2) is 10.6. The Balaban J connectivity index is 1.40. The van der Waals surface area contributed by atoms with E-state index in [-0.39, 0.29) is 24.4 Å². The largest absolute Gasteiger partial charge is 0.459 e. The maximum atomic E-state index is 12.8. The van der Waals surface area contributed by atoms with E-state index in [9.17, 15) is 4.79 Å². The molecule has 1 aliphatic rings. The van der Waals surface area contributed by atoms with Gasteiger partial charge in [0.25, 0.3) is 0 Å². The maximum absolute atomic E-state index is 12.8. The number of thiocarbonyl (C=S) groups is 1. The number of hydrogen-bond acceptors (Lipinski definition) is 4. The minimum atomic E-state index is -0.247. The lowest BCUT2D eigenvalue weighted by molar-refractivity contribution is -0.116. The van der Waals surface area contributed by atoms with E-state index in [1.165, 1.54) is 0 Å².